The van der Waals surface area contributed by atoms with Gasteiger partial charge in [-0.3, -0.25) is 4.79 Å². The molecule has 2 rings (SSSR count). The van der Waals surface area contributed by atoms with E-state index in [9.17, 15) is 4.79 Å². The van der Waals surface area contributed by atoms with Gasteiger partial charge in [0.1, 0.15) is 5.75 Å². The molecule has 0 bridgehead atoms. The summed E-state index contributed by atoms with van der Waals surface area (Å²) in [5.74, 6) is 0.456. The van der Waals surface area contributed by atoms with Crippen LogP contribution in [0.1, 0.15) is 12.5 Å². The first-order chi connectivity index (χ1) is 9.58. The first-order valence-electron chi connectivity index (χ1n) is 6.35. The summed E-state index contributed by atoms with van der Waals surface area (Å²) >= 11 is 6.02. The van der Waals surface area contributed by atoms with Crippen molar-refractivity contribution >= 4 is 23.2 Å². The molecule has 0 radical (unpaired) electrons. The van der Waals surface area contributed by atoms with E-state index in [1.807, 2.05) is 43.3 Å². The highest BCUT2D eigenvalue weighted by Crippen LogP contribution is 2.23. The smallest absolute Gasteiger partial charge is 0.265 e. The molecule has 1 N–H and O–H groups in total. The fourth-order valence-electron chi connectivity index (χ4n) is 1.73. The lowest BCUT2D eigenvalue weighted by Gasteiger charge is -2.16. The Labute approximate surface area is 123 Å². The molecule has 1 atom stereocenters. The van der Waals surface area contributed by atoms with Crippen LogP contribution in [0.3, 0.4) is 0 Å². The quantitative estimate of drug-likeness (QED) is 0.922. The minimum Gasteiger partial charge on any atom is -0.481 e. The predicted molar refractivity (Wildman–Crippen MR) is 81.4 cm³/mol. The molecule has 3 nitrogen and oxygen atoms in total. The first-order valence-corrected chi connectivity index (χ1v) is 6.73. The fraction of sp³-hybridized carbons (Fsp3) is 0.188. The van der Waals surface area contributed by atoms with E-state index in [0.717, 1.165) is 5.56 Å². The van der Waals surface area contributed by atoms with Crippen LogP contribution in [0.2, 0.25) is 5.02 Å². The molecule has 0 aliphatic heterocycles. The van der Waals surface area contributed by atoms with E-state index in [-0.39, 0.29) is 5.91 Å². The second kappa shape index (κ2) is 6.44. The zero-order chi connectivity index (χ0) is 14.5. The van der Waals surface area contributed by atoms with Crippen molar-refractivity contribution in [3.8, 4) is 5.75 Å². The number of ether oxygens (including phenoxy) is 1. The number of para-hydroxylation sites is 1. The molecule has 2 aromatic carbocycles. The van der Waals surface area contributed by atoms with Crippen LogP contribution in [-0.4, -0.2) is 12.0 Å². The molecule has 0 unspecified atom stereocenters. The standard InChI is InChI=1S/C16H16ClNO2/c1-11-14(17)9-6-10-15(11)18-16(19)12(2)20-13-7-4-3-5-8-13/h3-10,12H,1-2H3,(H,18,19)/t12-/m1/s1. The van der Waals surface area contributed by atoms with Gasteiger partial charge in [-0.05, 0) is 43.7 Å². The Morgan fingerprint density at radius 1 is 1.15 bits per heavy atom. The van der Waals surface area contributed by atoms with Crippen molar-refractivity contribution in [2.24, 2.45) is 0 Å². The van der Waals surface area contributed by atoms with Gasteiger partial charge in [0.05, 0.1) is 0 Å². The third kappa shape index (κ3) is 3.52. The molecule has 2 aromatic rings. The van der Waals surface area contributed by atoms with Crippen molar-refractivity contribution in [2.75, 3.05) is 5.32 Å². The van der Waals surface area contributed by atoms with Crippen molar-refractivity contribution in [3.63, 3.8) is 0 Å². The molecule has 0 spiro atoms. The SMILES string of the molecule is Cc1c(Cl)cccc1NC(=O)[C@@H](C)Oc1ccccc1. The topological polar surface area (TPSA) is 38.3 Å². The summed E-state index contributed by atoms with van der Waals surface area (Å²) in [6.07, 6.45) is -0.587. The van der Waals surface area contributed by atoms with Crippen LogP contribution in [0.25, 0.3) is 0 Å². The molecule has 0 aliphatic rings. The highest BCUT2D eigenvalue weighted by molar-refractivity contribution is 6.31. The number of rotatable bonds is 4. The molecule has 0 saturated carbocycles. The number of halogens is 1. The second-order valence-electron chi connectivity index (χ2n) is 4.47. The fourth-order valence-corrected chi connectivity index (χ4v) is 1.91. The van der Waals surface area contributed by atoms with Gasteiger partial charge < -0.3 is 10.1 Å². The molecule has 20 heavy (non-hydrogen) atoms. The summed E-state index contributed by atoms with van der Waals surface area (Å²) in [6, 6.07) is 14.6. The number of amides is 1. The van der Waals surface area contributed by atoms with Gasteiger partial charge in [0.15, 0.2) is 6.10 Å². The Morgan fingerprint density at radius 2 is 1.85 bits per heavy atom. The number of nitrogens with one attached hydrogen (secondary N) is 1. The maximum atomic E-state index is 12.1. The molecule has 104 valence electrons. The van der Waals surface area contributed by atoms with Crippen LogP contribution >= 0.6 is 11.6 Å². The van der Waals surface area contributed by atoms with Crippen LogP contribution in [0.5, 0.6) is 5.75 Å². The van der Waals surface area contributed by atoms with Crippen LogP contribution < -0.4 is 10.1 Å². The lowest BCUT2D eigenvalue weighted by Crippen LogP contribution is -2.30. The minimum atomic E-state index is -0.587. The highest BCUT2D eigenvalue weighted by Gasteiger charge is 2.16. The van der Waals surface area contributed by atoms with E-state index >= 15 is 0 Å². The molecule has 0 saturated heterocycles. The van der Waals surface area contributed by atoms with Crippen molar-refractivity contribution < 1.29 is 9.53 Å². The van der Waals surface area contributed by atoms with Crippen LogP contribution in [0.4, 0.5) is 5.69 Å². The molecule has 0 heterocycles. The third-order valence-electron chi connectivity index (χ3n) is 2.95. The zero-order valence-electron chi connectivity index (χ0n) is 11.4. The Bertz CT molecular complexity index is 599. The van der Waals surface area contributed by atoms with Crippen molar-refractivity contribution in [1.82, 2.24) is 0 Å². The lowest BCUT2D eigenvalue weighted by atomic mass is 10.2. The van der Waals surface area contributed by atoms with Crippen LogP contribution in [-0.2, 0) is 4.79 Å². The Hall–Kier alpha value is -2.00. The van der Waals surface area contributed by atoms with E-state index in [2.05, 4.69) is 5.32 Å². The number of hydrogen-bond acceptors (Lipinski definition) is 2. The van der Waals surface area contributed by atoms with Crippen molar-refractivity contribution in [3.05, 3.63) is 59.1 Å². The summed E-state index contributed by atoms with van der Waals surface area (Å²) < 4.78 is 5.57. The van der Waals surface area contributed by atoms with Crippen LogP contribution in [0.15, 0.2) is 48.5 Å². The molecule has 1 amide bonds. The van der Waals surface area contributed by atoms with Gasteiger partial charge in [-0.15, -0.1) is 0 Å². The average Bonchev–Trinajstić information content (AvgIpc) is 2.45. The summed E-state index contributed by atoms with van der Waals surface area (Å²) in [7, 11) is 0. The minimum absolute atomic E-state index is 0.209. The number of carbonyl (C=O) groups excluding carboxylic acids is 1. The van der Waals surface area contributed by atoms with Gasteiger partial charge in [0.25, 0.3) is 5.91 Å². The monoisotopic (exact) mass is 289 g/mol. The average molecular weight is 290 g/mol. The summed E-state index contributed by atoms with van der Waals surface area (Å²) in [5, 5.41) is 3.45. The normalized spacial score (nSPS) is 11.8. The van der Waals surface area contributed by atoms with Gasteiger partial charge in [0.2, 0.25) is 0 Å². The number of anilines is 1. The lowest BCUT2D eigenvalue weighted by molar-refractivity contribution is -0.122. The highest BCUT2D eigenvalue weighted by atomic mass is 35.5. The van der Waals surface area contributed by atoms with Crippen molar-refractivity contribution in [1.29, 1.82) is 0 Å². The van der Waals surface area contributed by atoms with Gasteiger partial charge in [-0.25, -0.2) is 0 Å². The van der Waals surface area contributed by atoms with Gasteiger partial charge in [-0.2, -0.15) is 0 Å². The summed E-state index contributed by atoms with van der Waals surface area (Å²) in [6.45, 7) is 3.57. The summed E-state index contributed by atoms with van der Waals surface area (Å²) in [4.78, 5) is 12.1. The molecular formula is C16H16ClNO2. The van der Waals surface area contributed by atoms with Crippen molar-refractivity contribution in [2.45, 2.75) is 20.0 Å². The van der Waals surface area contributed by atoms with E-state index in [0.29, 0.717) is 16.5 Å². The van der Waals surface area contributed by atoms with E-state index in [1.54, 1.807) is 19.1 Å². The molecule has 0 aromatic heterocycles. The first kappa shape index (κ1) is 14.4. The molecule has 0 aliphatic carbocycles. The number of hydrogen-bond donors (Lipinski definition) is 1. The van der Waals surface area contributed by atoms with E-state index in [4.69, 9.17) is 16.3 Å². The predicted octanol–water partition coefficient (Wildman–Crippen LogP) is 4.05. The van der Waals surface area contributed by atoms with E-state index in [1.165, 1.54) is 0 Å². The molecule has 4 heteroatoms. The van der Waals surface area contributed by atoms with Gasteiger partial charge in [0, 0.05) is 10.7 Å². The maximum Gasteiger partial charge on any atom is 0.265 e. The third-order valence-corrected chi connectivity index (χ3v) is 3.36. The molecular weight excluding hydrogens is 274 g/mol. The summed E-state index contributed by atoms with van der Waals surface area (Å²) in [5.41, 5.74) is 1.54. The number of benzene rings is 2. The second-order valence-corrected chi connectivity index (χ2v) is 4.88. The zero-order valence-corrected chi connectivity index (χ0v) is 12.1. The van der Waals surface area contributed by atoms with E-state index < -0.39 is 6.10 Å². The largest absolute Gasteiger partial charge is 0.481 e. The Morgan fingerprint density at radius 3 is 2.55 bits per heavy atom. The van der Waals surface area contributed by atoms with Crippen LogP contribution in [0, 0.1) is 6.92 Å². The Balaban J connectivity index is 2.03. The molecule has 0 fully saturated rings. The Kier molecular flexibility index (Phi) is 4.64. The van der Waals surface area contributed by atoms with Gasteiger partial charge >= 0.3 is 0 Å². The van der Waals surface area contributed by atoms with Gasteiger partial charge in [-0.1, -0.05) is 35.9 Å². The maximum absolute atomic E-state index is 12.1. The number of carbonyl (C=O) groups is 1.